The predicted molar refractivity (Wildman–Crippen MR) is 31.4 cm³/mol. The van der Waals surface area contributed by atoms with E-state index in [1.54, 1.807) is 13.8 Å². The molecule has 0 radical (unpaired) electrons. The molecule has 0 unspecified atom stereocenters. The first-order valence-corrected chi connectivity index (χ1v) is 3.28. The third-order valence-electron chi connectivity index (χ3n) is 0.665. The molecule has 0 atom stereocenters. The first-order chi connectivity index (χ1) is 3.55. The number of aliphatic hydroxyl groups excluding tert-OH is 1. The molecule has 0 spiro atoms. The van der Waals surface area contributed by atoms with E-state index in [9.17, 15) is 8.42 Å². The molecule has 0 aliphatic carbocycles. The second-order valence-electron chi connectivity index (χ2n) is 1.73. The quantitative estimate of drug-likeness (QED) is 0.524. The molecule has 0 saturated heterocycles. The average Bonchev–Trinajstić information content (AvgIpc) is 1.64. The van der Waals surface area contributed by atoms with Gasteiger partial charge in [-0.3, -0.25) is 0 Å². The minimum Gasteiger partial charge on any atom is -0.351 e. The fourth-order valence-corrected chi connectivity index (χ4v) is 0.577. The summed E-state index contributed by atoms with van der Waals surface area (Å²) in [7, 11) is -2.42. The van der Waals surface area contributed by atoms with Crippen LogP contribution in [0.25, 0.3) is 0 Å². The molecule has 4 heteroatoms. The van der Waals surface area contributed by atoms with Crippen LogP contribution in [0.2, 0.25) is 0 Å². The molecular formula is C4H8O3S. The lowest BCUT2D eigenvalue weighted by atomic mass is 10.2. The van der Waals surface area contributed by atoms with Crippen molar-refractivity contribution < 1.29 is 13.5 Å². The van der Waals surface area contributed by atoms with Crippen LogP contribution in [-0.4, -0.2) is 18.6 Å². The molecule has 0 bridgehead atoms. The van der Waals surface area contributed by atoms with E-state index in [0.717, 1.165) is 0 Å². The van der Waals surface area contributed by atoms with Gasteiger partial charge in [0.05, 0.1) is 0 Å². The molecule has 0 rings (SSSR count). The lowest BCUT2D eigenvalue weighted by molar-refractivity contribution is 0.514. The second kappa shape index (κ2) is 2.84. The van der Waals surface area contributed by atoms with Gasteiger partial charge in [-0.2, -0.15) is 8.42 Å². The van der Waals surface area contributed by atoms with Crippen molar-refractivity contribution in [1.29, 1.82) is 0 Å². The lowest BCUT2D eigenvalue weighted by Gasteiger charge is -1.92. The van der Waals surface area contributed by atoms with E-state index in [1.807, 2.05) is 0 Å². The van der Waals surface area contributed by atoms with Gasteiger partial charge in [0, 0.05) is 5.92 Å². The Balaban J connectivity index is 4.50. The molecule has 0 aromatic carbocycles. The van der Waals surface area contributed by atoms with E-state index in [2.05, 4.69) is 0 Å². The highest BCUT2D eigenvalue weighted by Gasteiger charge is 1.99. The molecule has 0 aromatic heterocycles. The van der Waals surface area contributed by atoms with Crippen LogP contribution >= 0.6 is 0 Å². The summed E-state index contributed by atoms with van der Waals surface area (Å²) in [6, 6.07) is 0. The average molecular weight is 136 g/mol. The molecule has 0 aliphatic rings. The van der Waals surface area contributed by atoms with Crippen molar-refractivity contribution in [3.8, 4) is 0 Å². The SMILES string of the molecule is CC(C)C(O)=S(=O)=O. The first-order valence-electron chi connectivity index (χ1n) is 2.20. The standard InChI is InChI=1S/C4H8O3S/c1-3(2)4(5)8(6)7/h3,5H,1-2H3. The van der Waals surface area contributed by atoms with E-state index >= 15 is 0 Å². The highest BCUT2D eigenvalue weighted by Crippen LogP contribution is 1.89. The van der Waals surface area contributed by atoms with Gasteiger partial charge in [-0.1, -0.05) is 13.8 Å². The topological polar surface area (TPSA) is 54.4 Å². The highest BCUT2D eigenvalue weighted by molar-refractivity contribution is 7.72. The Bertz CT molecular complexity index is 179. The van der Waals surface area contributed by atoms with Crippen LogP contribution in [0.5, 0.6) is 0 Å². The van der Waals surface area contributed by atoms with Crippen LogP contribution in [0.1, 0.15) is 13.8 Å². The van der Waals surface area contributed by atoms with Crippen LogP contribution in [0.15, 0.2) is 0 Å². The summed E-state index contributed by atoms with van der Waals surface area (Å²) in [6.07, 6.45) is 0. The van der Waals surface area contributed by atoms with E-state index in [4.69, 9.17) is 5.11 Å². The molecule has 0 aliphatic heterocycles. The van der Waals surface area contributed by atoms with Crippen molar-refractivity contribution >= 4 is 15.3 Å². The largest absolute Gasteiger partial charge is 0.351 e. The summed E-state index contributed by atoms with van der Waals surface area (Å²) < 4.78 is 19.7. The van der Waals surface area contributed by atoms with Crippen molar-refractivity contribution in [3.05, 3.63) is 0 Å². The first kappa shape index (κ1) is 7.65. The van der Waals surface area contributed by atoms with Crippen LogP contribution in [0, 0.1) is 5.92 Å². The molecule has 0 amide bonds. The number of hydrogen-bond acceptors (Lipinski definition) is 2. The van der Waals surface area contributed by atoms with Crippen LogP contribution < -0.4 is 0 Å². The molecular weight excluding hydrogens is 128 g/mol. The fraction of sp³-hybridized carbons (Fsp3) is 0.750. The van der Waals surface area contributed by atoms with E-state index < -0.39 is 15.3 Å². The smallest absolute Gasteiger partial charge is 0.240 e. The molecule has 0 fully saturated rings. The number of aliphatic hydroxyl groups is 1. The zero-order valence-electron chi connectivity index (χ0n) is 4.75. The third kappa shape index (κ3) is 2.09. The zero-order valence-corrected chi connectivity index (χ0v) is 5.57. The van der Waals surface area contributed by atoms with Gasteiger partial charge in [0.1, 0.15) is 0 Å². The minimum absolute atomic E-state index is 0.298. The maximum atomic E-state index is 9.85. The maximum absolute atomic E-state index is 9.85. The third-order valence-corrected chi connectivity index (χ3v) is 1.48. The van der Waals surface area contributed by atoms with Crippen molar-refractivity contribution in [2.24, 2.45) is 5.92 Å². The highest BCUT2D eigenvalue weighted by atomic mass is 32.2. The Morgan fingerprint density at radius 1 is 1.50 bits per heavy atom. The van der Waals surface area contributed by atoms with Crippen molar-refractivity contribution in [1.82, 2.24) is 0 Å². The molecule has 48 valence electrons. The Hall–Kier alpha value is -0.350. The van der Waals surface area contributed by atoms with Crippen LogP contribution in [0.3, 0.4) is 0 Å². The van der Waals surface area contributed by atoms with Crippen molar-refractivity contribution in [2.45, 2.75) is 13.8 Å². The Labute approximate surface area is 49.5 Å². The Kier molecular flexibility index (Phi) is 2.71. The molecule has 3 nitrogen and oxygen atoms in total. The van der Waals surface area contributed by atoms with Crippen molar-refractivity contribution in [3.63, 3.8) is 0 Å². The van der Waals surface area contributed by atoms with Gasteiger partial charge < -0.3 is 5.11 Å². The molecule has 0 saturated carbocycles. The van der Waals surface area contributed by atoms with Gasteiger partial charge in [0.25, 0.3) is 0 Å². The predicted octanol–water partition coefficient (Wildman–Crippen LogP) is 0.209. The number of hydrogen-bond donors (Lipinski definition) is 1. The summed E-state index contributed by atoms with van der Waals surface area (Å²) >= 11 is 0. The lowest BCUT2D eigenvalue weighted by Crippen LogP contribution is -2.05. The Morgan fingerprint density at radius 2 is 1.88 bits per heavy atom. The van der Waals surface area contributed by atoms with E-state index in [0.29, 0.717) is 0 Å². The van der Waals surface area contributed by atoms with Gasteiger partial charge >= 0.3 is 0 Å². The maximum Gasteiger partial charge on any atom is 0.240 e. The van der Waals surface area contributed by atoms with Gasteiger partial charge in [-0.15, -0.1) is 0 Å². The van der Waals surface area contributed by atoms with E-state index in [-0.39, 0.29) is 5.92 Å². The van der Waals surface area contributed by atoms with Gasteiger partial charge in [0.2, 0.25) is 10.3 Å². The molecule has 8 heavy (non-hydrogen) atoms. The van der Waals surface area contributed by atoms with Gasteiger partial charge in [-0.05, 0) is 0 Å². The second-order valence-corrected chi connectivity index (χ2v) is 2.62. The Morgan fingerprint density at radius 3 is 1.88 bits per heavy atom. The van der Waals surface area contributed by atoms with Crippen molar-refractivity contribution in [2.75, 3.05) is 0 Å². The van der Waals surface area contributed by atoms with Gasteiger partial charge in [0.15, 0.2) is 5.05 Å². The summed E-state index contributed by atoms with van der Waals surface area (Å²) in [5.74, 6) is -0.298. The number of rotatable bonds is 1. The molecule has 0 heterocycles. The van der Waals surface area contributed by atoms with Crippen LogP contribution in [0.4, 0.5) is 0 Å². The monoisotopic (exact) mass is 136 g/mol. The van der Waals surface area contributed by atoms with E-state index in [1.165, 1.54) is 0 Å². The molecule has 1 N–H and O–H groups in total. The van der Waals surface area contributed by atoms with Crippen LogP contribution in [-0.2, 0) is 10.3 Å². The minimum atomic E-state index is -2.42. The van der Waals surface area contributed by atoms with Gasteiger partial charge in [-0.25, -0.2) is 0 Å². The summed E-state index contributed by atoms with van der Waals surface area (Å²) in [5.41, 5.74) is 0. The summed E-state index contributed by atoms with van der Waals surface area (Å²) in [6.45, 7) is 3.20. The fourth-order valence-electron chi connectivity index (χ4n) is 0.192. The zero-order chi connectivity index (χ0) is 6.73. The molecule has 0 aromatic rings. The summed E-state index contributed by atoms with van der Waals surface area (Å²) in [4.78, 5) is 0. The normalized spacial score (nSPS) is 9.50. The summed E-state index contributed by atoms with van der Waals surface area (Å²) in [5, 5.41) is 8.03.